The van der Waals surface area contributed by atoms with Gasteiger partial charge in [0.25, 0.3) is 0 Å². The van der Waals surface area contributed by atoms with Crippen molar-refractivity contribution in [2.75, 3.05) is 13.1 Å². The fourth-order valence-corrected chi connectivity index (χ4v) is 3.38. The molecule has 13 heteroatoms. The molecule has 3 rings (SSSR count). The Morgan fingerprint density at radius 3 is 1.96 bits per heavy atom. The van der Waals surface area contributed by atoms with Crippen LogP contribution < -0.4 is 0 Å². The van der Waals surface area contributed by atoms with Crippen molar-refractivity contribution in [1.82, 2.24) is 19.9 Å². The topological polar surface area (TPSA) is 34.0 Å². The molecule has 0 bridgehead atoms. The average molecular weight is 420 g/mol. The van der Waals surface area contributed by atoms with Crippen molar-refractivity contribution in [3.05, 3.63) is 23.8 Å². The Hall–Kier alpha value is -2.05. The minimum absolute atomic E-state index is 0.0549. The van der Waals surface area contributed by atoms with Crippen LogP contribution >= 0.6 is 0 Å². The summed E-state index contributed by atoms with van der Waals surface area (Å²) in [4.78, 5) is 0.317. The molecule has 1 fully saturated rings. The summed E-state index contributed by atoms with van der Waals surface area (Å²) in [6.45, 7) is -0.979. The number of likely N-dealkylation sites (tertiary alicyclic amines) is 1. The monoisotopic (exact) mass is 420 g/mol. The summed E-state index contributed by atoms with van der Waals surface area (Å²) in [5.74, 6) is 0. The zero-order chi connectivity index (χ0) is 20.9. The summed E-state index contributed by atoms with van der Waals surface area (Å²) in [5, 5.41) is 7.39. The van der Waals surface area contributed by atoms with Gasteiger partial charge in [0.05, 0.1) is 17.1 Å². The average Bonchev–Trinajstić information content (AvgIpc) is 2.95. The van der Waals surface area contributed by atoms with Crippen molar-refractivity contribution in [1.29, 1.82) is 0 Å². The predicted octanol–water partition coefficient (Wildman–Crippen LogP) is 4.58. The summed E-state index contributed by atoms with van der Waals surface area (Å²) < 4.78 is 116. The highest BCUT2D eigenvalue weighted by Crippen LogP contribution is 2.39. The number of rotatable bonds is 2. The van der Waals surface area contributed by atoms with Crippen LogP contribution in [0.5, 0.6) is 0 Å². The van der Waals surface area contributed by atoms with E-state index in [0.717, 1.165) is 18.2 Å². The summed E-state index contributed by atoms with van der Waals surface area (Å²) in [5.41, 5.74) is -0.754. The molecule has 0 atom stereocenters. The molecular weight excluding hydrogens is 407 g/mol. The third kappa shape index (κ3) is 4.03. The van der Waals surface area contributed by atoms with Crippen molar-refractivity contribution in [2.45, 2.75) is 43.5 Å². The molecular formula is C15H13F9N4. The van der Waals surface area contributed by atoms with Crippen molar-refractivity contribution in [3.63, 3.8) is 0 Å². The lowest BCUT2D eigenvalue weighted by atomic mass is 10.0. The molecule has 1 aromatic heterocycles. The first kappa shape index (κ1) is 20.7. The van der Waals surface area contributed by atoms with E-state index >= 15 is 0 Å². The van der Waals surface area contributed by atoms with Gasteiger partial charge in [-0.3, -0.25) is 4.90 Å². The van der Waals surface area contributed by atoms with Crippen LogP contribution in [-0.4, -0.2) is 51.4 Å². The minimum atomic E-state index is -5.46. The molecule has 2 heterocycles. The second-order valence-corrected chi connectivity index (χ2v) is 6.49. The van der Waals surface area contributed by atoms with Crippen molar-refractivity contribution in [3.8, 4) is 0 Å². The Kier molecular flexibility index (Phi) is 5.01. The number of nitrogens with zero attached hydrogens (tertiary/aromatic N) is 4. The van der Waals surface area contributed by atoms with E-state index in [4.69, 9.17) is 0 Å². The minimum Gasteiger partial charge on any atom is -0.285 e. The molecule has 0 unspecified atom stereocenters. The summed E-state index contributed by atoms with van der Waals surface area (Å²) >= 11 is 0. The van der Waals surface area contributed by atoms with Gasteiger partial charge in [-0.05, 0) is 31.0 Å². The molecule has 0 spiro atoms. The first-order valence-electron chi connectivity index (χ1n) is 8.08. The maximum absolute atomic E-state index is 12.8. The van der Waals surface area contributed by atoms with Crippen molar-refractivity contribution >= 4 is 11.0 Å². The van der Waals surface area contributed by atoms with E-state index in [2.05, 4.69) is 10.3 Å². The number of fused-ring (bicyclic) bond motifs is 1. The van der Waals surface area contributed by atoms with Gasteiger partial charge in [0.15, 0.2) is 0 Å². The van der Waals surface area contributed by atoms with E-state index in [1.165, 1.54) is 4.68 Å². The summed E-state index contributed by atoms with van der Waals surface area (Å²) in [7, 11) is 0. The van der Waals surface area contributed by atoms with Gasteiger partial charge in [0.2, 0.25) is 6.04 Å². The van der Waals surface area contributed by atoms with Gasteiger partial charge in [0.1, 0.15) is 5.52 Å². The second kappa shape index (κ2) is 6.78. The van der Waals surface area contributed by atoms with Gasteiger partial charge in [-0.2, -0.15) is 39.5 Å². The lowest BCUT2D eigenvalue weighted by molar-refractivity contribution is -0.289. The molecule has 0 amide bonds. The number of halogens is 9. The van der Waals surface area contributed by atoms with E-state index < -0.39 is 49.3 Å². The van der Waals surface area contributed by atoms with Crippen molar-refractivity contribution in [2.24, 2.45) is 0 Å². The number of hydrogen-bond acceptors (Lipinski definition) is 3. The first-order chi connectivity index (χ1) is 12.8. The van der Waals surface area contributed by atoms with Crippen LogP contribution in [0.25, 0.3) is 11.0 Å². The lowest BCUT2D eigenvalue weighted by Crippen LogP contribution is -2.56. The zero-order valence-electron chi connectivity index (χ0n) is 13.9. The molecule has 0 radical (unpaired) electrons. The lowest BCUT2D eigenvalue weighted by Gasteiger charge is -2.38. The second-order valence-electron chi connectivity index (χ2n) is 6.49. The molecule has 28 heavy (non-hydrogen) atoms. The quantitative estimate of drug-likeness (QED) is 0.668. The van der Waals surface area contributed by atoms with Gasteiger partial charge in [0, 0.05) is 13.1 Å². The van der Waals surface area contributed by atoms with Crippen molar-refractivity contribution < 1.29 is 39.5 Å². The Balaban J connectivity index is 1.78. The summed E-state index contributed by atoms with van der Waals surface area (Å²) in [6, 6.07) is -1.38. The molecule has 4 nitrogen and oxygen atoms in total. The van der Waals surface area contributed by atoms with Crippen LogP contribution in [-0.2, 0) is 6.18 Å². The first-order valence-corrected chi connectivity index (χ1v) is 8.08. The summed E-state index contributed by atoms with van der Waals surface area (Å²) in [6.07, 6.45) is -15.7. The van der Waals surface area contributed by atoms with Crippen LogP contribution in [0.1, 0.15) is 24.4 Å². The van der Waals surface area contributed by atoms with Gasteiger partial charge in [-0.15, -0.1) is 5.10 Å². The highest BCUT2D eigenvalue weighted by atomic mass is 19.4. The Labute approximate surface area is 151 Å². The smallest absolute Gasteiger partial charge is 0.285 e. The van der Waals surface area contributed by atoms with Crippen LogP contribution in [0.2, 0.25) is 0 Å². The molecule has 0 saturated carbocycles. The third-order valence-electron chi connectivity index (χ3n) is 4.63. The normalized spacial score (nSPS) is 18.4. The van der Waals surface area contributed by atoms with E-state index in [1.54, 1.807) is 0 Å². The van der Waals surface area contributed by atoms with Gasteiger partial charge in [-0.25, -0.2) is 4.68 Å². The number of hydrogen-bond donors (Lipinski definition) is 0. The fourth-order valence-electron chi connectivity index (χ4n) is 3.38. The largest absolute Gasteiger partial charge is 0.416 e. The van der Waals surface area contributed by atoms with Crippen LogP contribution in [0.3, 0.4) is 0 Å². The Morgan fingerprint density at radius 1 is 0.893 bits per heavy atom. The highest BCUT2D eigenvalue weighted by molar-refractivity contribution is 5.75. The highest BCUT2D eigenvalue weighted by Gasteiger charge is 2.59. The molecule has 156 valence electrons. The zero-order valence-corrected chi connectivity index (χ0v) is 13.9. The standard InChI is InChI=1S/C15H13F9N4/c16-13(17,18)8-1-2-11-10(7-8)25-26-28(11)9-3-5-27(6-4-9)12(14(19,20)21)15(22,23)24/h1-2,7,9,12H,3-6H2. The molecule has 1 saturated heterocycles. The Bertz CT molecular complexity index is 815. The molecule has 0 aliphatic carbocycles. The van der Waals surface area contributed by atoms with E-state index in [0.29, 0.717) is 4.90 Å². The van der Waals surface area contributed by atoms with Gasteiger partial charge >= 0.3 is 18.5 Å². The Morgan fingerprint density at radius 2 is 1.46 bits per heavy atom. The maximum atomic E-state index is 12.8. The van der Waals surface area contributed by atoms with Gasteiger partial charge in [-0.1, -0.05) is 5.21 Å². The third-order valence-corrected chi connectivity index (χ3v) is 4.63. The maximum Gasteiger partial charge on any atom is 0.416 e. The van der Waals surface area contributed by atoms with Gasteiger partial charge < -0.3 is 0 Å². The van der Waals surface area contributed by atoms with Crippen LogP contribution in [0, 0.1) is 0 Å². The number of piperidine rings is 1. The number of alkyl halides is 9. The molecule has 1 aliphatic heterocycles. The number of benzene rings is 1. The SMILES string of the molecule is FC(F)(F)c1ccc2c(c1)nnn2C1CCN(C(C(F)(F)F)C(F)(F)F)CC1. The molecule has 1 aromatic carbocycles. The number of aromatic nitrogens is 3. The fraction of sp³-hybridized carbons (Fsp3) is 0.600. The molecule has 0 N–H and O–H groups in total. The van der Waals surface area contributed by atoms with Crippen LogP contribution in [0.15, 0.2) is 18.2 Å². The predicted molar refractivity (Wildman–Crippen MR) is 78.3 cm³/mol. The molecule has 2 aromatic rings. The van der Waals surface area contributed by atoms with E-state index in [9.17, 15) is 39.5 Å². The van der Waals surface area contributed by atoms with E-state index in [-0.39, 0.29) is 23.9 Å². The van der Waals surface area contributed by atoms with Crippen LogP contribution in [0.4, 0.5) is 39.5 Å². The van der Waals surface area contributed by atoms with E-state index in [1.807, 2.05) is 0 Å². The molecule has 1 aliphatic rings.